The summed E-state index contributed by atoms with van der Waals surface area (Å²) >= 11 is 5.93. The van der Waals surface area contributed by atoms with E-state index in [1.807, 2.05) is 23.1 Å². The Morgan fingerprint density at radius 3 is 2.17 bits per heavy atom. The van der Waals surface area contributed by atoms with Gasteiger partial charge in [0, 0.05) is 49.9 Å². The molecule has 3 amide bonds. The monoisotopic (exact) mass is 497 g/mol. The fourth-order valence-corrected chi connectivity index (χ4v) is 5.01. The van der Waals surface area contributed by atoms with Crippen molar-refractivity contribution in [2.24, 2.45) is 5.92 Å². The van der Waals surface area contributed by atoms with Gasteiger partial charge in [0.05, 0.1) is 5.92 Å². The highest BCUT2D eigenvalue weighted by Crippen LogP contribution is 2.31. The number of piperidine rings is 1. The number of amides is 3. The Kier molecular flexibility index (Phi) is 6.81. The van der Waals surface area contributed by atoms with Crippen molar-refractivity contribution in [1.29, 1.82) is 0 Å². The van der Waals surface area contributed by atoms with Crippen molar-refractivity contribution in [2.45, 2.75) is 18.9 Å². The quantitative estimate of drug-likeness (QED) is 0.651. The number of nitrogens with zero attached hydrogens (tertiary/aromatic N) is 3. The molecule has 0 aliphatic carbocycles. The molecular weight excluding hydrogens is 470 g/mol. The number of benzene rings is 2. The molecule has 8 nitrogen and oxygen atoms in total. The van der Waals surface area contributed by atoms with Gasteiger partial charge < -0.3 is 24.2 Å². The standard InChI is InChI=1S/C26H28ClN3O5/c27-20-9-7-18(8-10-20)24(31)30-11-3-4-19(16-30)25(32)28-12-14-29(15-13-28)26(33)23-17-34-21-5-1-2-6-22(21)35-23/h1-2,5-10,19,23H,3-4,11-17H2. The zero-order chi connectivity index (χ0) is 24.4. The maximum Gasteiger partial charge on any atom is 0.267 e. The van der Waals surface area contributed by atoms with Gasteiger partial charge in [0.25, 0.3) is 11.8 Å². The minimum absolute atomic E-state index is 0.0527. The number of ether oxygens (including phenoxy) is 2. The minimum atomic E-state index is -0.682. The SMILES string of the molecule is O=C(c1ccc(Cl)cc1)N1CCCC(C(=O)N2CCN(C(=O)C3COc4ccccc4O3)CC2)C1. The molecule has 2 atom stereocenters. The Balaban J connectivity index is 1.14. The maximum absolute atomic E-state index is 13.2. The number of likely N-dealkylation sites (tertiary alicyclic amines) is 1. The normalized spacial score (nSPS) is 22.0. The highest BCUT2D eigenvalue weighted by atomic mass is 35.5. The first-order chi connectivity index (χ1) is 17.0. The van der Waals surface area contributed by atoms with Gasteiger partial charge in [-0.05, 0) is 49.2 Å². The van der Waals surface area contributed by atoms with Gasteiger partial charge in [-0.1, -0.05) is 23.7 Å². The summed E-state index contributed by atoms with van der Waals surface area (Å²) in [4.78, 5) is 44.4. The Hall–Kier alpha value is -3.26. The number of halogens is 1. The molecule has 0 bridgehead atoms. The van der Waals surface area contributed by atoms with Crippen molar-refractivity contribution in [1.82, 2.24) is 14.7 Å². The third kappa shape index (κ3) is 5.07. The molecule has 3 aliphatic rings. The molecule has 2 fully saturated rings. The average molecular weight is 498 g/mol. The van der Waals surface area contributed by atoms with Crippen LogP contribution in [-0.2, 0) is 9.59 Å². The fraction of sp³-hybridized carbons (Fsp3) is 0.423. The van der Waals surface area contributed by atoms with E-state index in [2.05, 4.69) is 0 Å². The van der Waals surface area contributed by atoms with Crippen LogP contribution in [0, 0.1) is 5.92 Å². The van der Waals surface area contributed by atoms with Crippen molar-refractivity contribution in [3.8, 4) is 11.5 Å². The molecule has 3 aliphatic heterocycles. The predicted molar refractivity (Wildman–Crippen MR) is 130 cm³/mol. The van der Waals surface area contributed by atoms with Crippen molar-refractivity contribution in [3.05, 3.63) is 59.1 Å². The van der Waals surface area contributed by atoms with Crippen LogP contribution in [0.15, 0.2) is 48.5 Å². The number of para-hydroxylation sites is 2. The third-order valence-corrected chi connectivity index (χ3v) is 7.09. The van der Waals surface area contributed by atoms with Crippen LogP contribution >= 0.6 is 11.6 Å². The first-order valence-corrected chi connectivity index (χ1v) is 12.4. The number of rotatable bonds is 3. The van der Waals surface area contributed by atoms with E-state index >= 15 is 0 Å². The van der Waals surface area contributed by atoms with Crippen LogP contribution in [0.25, 0.3) is 0 Å². The fourth-order valence-electron chi connectivity index (χ4n) is 4.89. The first-order valence-electron chi connectivity index (χ1n) is 12.0. The maximum atomic E-state index is 13.2. The van der Waals surface area contributed by atoms with Gasteiger partial charge in [-0.3, -0.25) is 14.4 Å². The summed E-state index contributed by atoms with van der Waals surface area (Å²) in [5.74, 6) is 0.838. The van der Waals surface area contributed by atoms with E-state index in [-0.39, 0.29) is 30.2 Å². The number of fused-ring (bicyclic) bond motifs is 1. The molecule has 35 heavy (non-hydrogen) atoms. The van der Waals surface area contributed by atoms with Crippen molar-refractivity contribution in [2.75, 3.05) is 45.9 Å². The number of carbonyl (C=O) groups is 3. The smallest absolute Gasteiger partial charge is 0.267 e. The zero-order valence-electron chi connectivity index (χ0n) is 19.4. The summed E-state index contributed by atoms with van der Waals surface area (Å²) in [7, 11) is 0. The number of hydrogen-bond acceptors (Lipinski definition) is 5. The van der Waals surface area contributed by atoms with Gasteiger partial charge >= 0.3 is 0 Å². The lowest BCUT2D eigenvalue weighted by molar-refractivity contribution is -0.148. The van der Waals surface area contributed by atoms with Crippen LogP contribution in [0.5, 0.6) is 11.5 Å². The summed E-state index contributed by atoms with van der Waals surface area (Å²) in [5, 5.41) is 0.582. The van der Waals surface area contributed by atoms with Gasteiger partial charge in [-0.25, -0.2) is 0 Å². The van der Waals surface area contributed by atoms with Crippen LogP contribution in [0.2, 0.25) is 5.02 Å². The van der Waals surface area contributed by atoms with Crippen LogP contribution in [0.3, 0.4) is 0 Å². The Labute approximate surface area is 209 Å². The predicted octanol–water partition coefficient (Wildman–Crippen LogP) is 2.70. The van der Waals surface area contributed by atoms with E-state index < -0.39 is 6.10 Å². The molecule has 0 radical (unpaired) electrons. The van der Waals surface area contributed by atoms with E-state index in [0.29, 0.717) is 61.4 Å². The second kappa shape index (κ2) is 10.2. The van der Waals surface area contributed by atoms with E-state index in [1.165, 1.54) is 0 Å². The van der Waals surface area contributed by atoms with Crippen molar-refractivity contribution >= 4 is 29.3 Å². The minimum Gasteiger partial charge on any atom is -0.485 e. The van der Waals surface area contributed by atoms with E-state index in [1.54, 1.807) is 40.1 Å². The van der Waals surface area contributed by atoms with Gasteiger partial charge in [0.15, 0.2) is 11.5 Å². The zero-order valence-corrected chi connectivity index (χ0v) is 20.2. The van der Waals surface area contributed by atoms with Crippen LogP contribution in [-0.4, -0.2) is 84.4 Å². The van der Waals surface area contributed by atoms with E-state index in [4.69, 9.17) is 21.1 Å². The molecule has 2 unspecified atom stereocenters. The number of carbonyl (C=O) groups excluding carboxylic acids is 3. The summed E-state index contributed by atoms with van der Waals surface area (Å²) in [6.45, 7) is 3.06. The molecule has 0 aromatic heterocycles. The van der Waals surface area contributed by atoms with E-state index in [9.17, 15) is 14.4 Å². The summed E-state index contributed by atoms with van der Waals surface area (Å²) in [6.07, 6.45) is 0.863. The first kappa shape index (κ1) is 23.5. The lowest BCUT2D eigenvalue weighted by Gasteiger charge is -2.40. The van der Waals surface area contributed by atoms with Gasteiger partial charge in [0.1, 0.15) is 6.61 Å². The summed E-state index contributed by atoms with van der Waals surface area (Å²) in [5.41, 5.74) is 0.575. The lowest BCUT2D eigenvalue weighted by Crippen LogP contribution is -2.56. The summed E-state index contributed by atoms with van der Waals surface area (Å²) in [6, 6.07) is 14.1. The van der Waals surface area contributed by atoms with Crippen molar-refractivity contribution < 1.29 is 23.9 Å². The molecule has 2 aromatic carbocycles. The molecule has 184 valence electrons. The van der Waals surface area contributed by atoms with Crippen LogP contribution in [0.1, 0.15) is 23.2 Å². The van der Waals surface area contributed by atoms with Crippen molar-refractivity contribution in [3.63, 3.8) is 0 Å². The Morgan fingerprint density at radius 1 is 0.800 bits per heavy atom. The molecule has 9 heteroatoms. The molecular formula is C26H28ClN3O5. The molecule has 0 saturated carbocycles. The van der Waals surface area contributed by atoms with Gasteiger partial charge in [-0.15, -0.1) is 0 Å². The average Bonchev–Trinajstić information content (AvgIpc) is 2.92. The molecule has 0 spiro atoms. The Morgan fingerprint density at radius 2 is 1.46 bits per heavy atom. The highest BCUT2D eigenvalue weighted by molar-refractivity contribution is 6.30. The van der Waals surface area contributed by atoms with Gasteiger partial charge in [-0.2, -0.15) is 0 Å². The second-order valence-corrected chi connectivity index (χ2v) is 9.55. The lowest BCUT2D eigenvalue weighted by atomic mass is 9.95. The topological polar surface area (TPSA) is 79.4 Å². The molecule has 3 heterocycles. The van der Waals surface area contributed by atoms with Crippen LogP contribution < -0.4 is 9.47 Å². The highest BCUT2D eigenvalue weighted by Gasteiger charge is 2.36. The third-order valence-electron chi connectivity index (χ3n) is 6.84. The largest absolute Gasteiger partial charge is 0.485 e. The summed E-state index contributed by atoms with van der Waals surface area (Å²) < 4.78 is 11.5. The molecule has 0 N–H and O–H groups in total. The second-order valence-electron chi connectivity index (χ2n) is 9.11. The van der Waals surface area contributed by atoms with E-state index in [0.717, 1.165) is 12.8 Å². The molecule has 2 aromatic rings. The molecule has 5 rings (SSSR count). The van der Waals surface area contributed by atoms with Crippen LogP contribution in [0.4, 0.5) is 0 Å². The number of hydrogen-bond donors (Lipinski definition) is 0. The number of piperazine rings is 1. The Bertz CT molecular complexity index is 1100. The molecule has 2 saturated heterocycles. The van der Waals surface area contributed by atoms with Gasteiger partial charge in [0.2, 0.25) is 12.0 Å².